The molecule has 1 heterocycles. The lowest BCUT2D eigenvalue weighted by atomic mass is 9.99. The predicted octanol–water partition coefficient (Wildman–Crippen LogP) is -1.83. The van der Waals surface area contributed by atoms with Crippen LogP contribution in [-0.4, -0.2) is 30.9 Å². The molecule has 5 N–H and O–H groups in total. The van der Waals surface area contributed by atoms with Crippen molar-refractivity contribution in [2.45, 2.75) is 6.10 Å². The quantitative estimate of drug-likeness (QED) is 0.398. The van der Waals surface area contributed by atoms with Crippen LogP contribution >= 0.6 is 11.6 Å². The van der Waals surface area contributed by atoms with Crippen molar-refractivity contribution in [1.29, 1.82) is 0 Å². The summed E-state index contributed by atoms with van der Waals surface area (Å²) in [6, 6.07) is 0. The van der Waals surface area contributed by atoms with Crippen molar-refractivity contribution in [2.75, 3.05) is 7.05 Å². The number of rotatable bonds is 4. The molecule has 1 aliphatic rings. The van der Waals surface area contributed by atoms with Crippen LogP contribution in [-0.2, 0) is 19.1 Å². The average Bonchev–Trinajstić information content (AvgIpc) is 2.41. The van der Waals surface area contributed by atoms with Crippen molar-refractivity contribution < 1.29 is 19.1 Å². The number of primary amides is 2. The molecule has 1 aliphatic heterocycles. The van der Waals surface area contributed by atoms with Gasteiger partial charge in [0.15, 0.2) is 12.0 Å². The monoisotopic (exact) mass is 247 g/mol. The Kier molecular flexibility index (Phi) is 3.38. The topological polar surface area (TPSA) is 125 Å². The van der Waals surface area contributed by atoms with E-state index in [-0.39, 0.29) is 10.7 Å². The number of halogens is 1. The van der Waals surface area contributed by atoms with E-state index in [1.807, 2.05) is 0 Å². The van der Waals surface area contributed by atoms with Crippen molar-refractivity contribution >= 4 is 29.4 Å². The number of nitrogens with two attached hydrogens (primary N) is 2. The fourth-order valence-electron chi connectivity index (χ4n) is 1.39. The van der Waals surface area contributed by atoms with Gasteiger partial charge in [-0.25, -0.2) is 4.79 Å². The third-order valence-corrected chi connectivity index (χ3v) is 2.48. The fourth-order valence-corrected chi connectivity index (χ4v) is 1.63. The van der Waals surface area contributed by atoms with E-state index >= 15 is 0 Å². The number of carbonyl (C=O) groups is 3. The zero-order valence-corrected chi connectivity index (χ0v) is 9.08. The SMILES string of the molecule is CNC1=C(Cl)C(=O)OC1C(C(N)=O)C(N)=O. The molecule has 0 spiro atoms. The van der Waals surface area contributed by atoms with E-state index in [0.717, 1.165) is 0 Å². The minimum atomic E-state index is -1.44. The van der Waals surface area contributed by atoms with Crippen LogP contribution in [0.25, 0.3) is 0 Å². The molecule has 2 amide bonds. The first-order valence-corrected chi connectivity index (χ1v) is 4.65. The van der Waals surface area contributed by atoms with Crippen LogP contribution in [0.4, 0.5) is 0 Å². The van der Waals surface area contributed by atoms with Gasteiger partial charge in [-0.3, -0.25) is 9.59 Å². The minimum absolute atomic E-state index is 0.120. The van der Waals surface area contributed by atoms with E-state index in [2.05, 4.69) is 5.32 Å². The molecule has 0 fully saturated rings. The molecule has 88 valence electrons. The molecule has 7 nitrogen and oxygen atoms in total. The summed E-state index contributed by atoms with van der Waals surface area (Å²) >= 11 is 5.62. The molecule has 16 heavy (non-hydrogen) atoms. The van der Waals surface area contributed by atoms with E-state index in [1.165, 1.54) is 7.05 Å². The summed E-state index contributed by atoms with van der Waals surface area (Å²) in [5.41, 5.74) is 10.1. The van der Waals surface area contributed by atoms with E-state index in [0.29, 0.717) is 0 Å². The molecular formula is C8H10ClN3O4. The summed E-state index contributed by atoms with van der Waals surface area (Å²) in [7, 11) is 1.46. The molecule has 0 radical (unpaired) electrons. The van der Waals surface area contributed by atoms with Crippen molar-refractivity contribution in [1.82, 2.24) is 5.32 Å². The van der Waals surface area contributed by atoms with Crippen LogP contribution < -0.4 is 16.8 Å². The van der Waals surface area contributed by atoms with Gasteiger partial charge in [-0.15, -0.1) is 0 Å². The minimum Gasteiger partial charge on any atom is -0.450 e. The lowest BCUT2D eigenvalue weighted by Crippen LogP contribution is -2.45. The summed E-state index contributed by atoms with van der Waals surface area (Å²) in [6.07, 6.45) is -1.18. The smallest absolute Gasteiger partial charge is 0.352 e. The van der Waals surface area contributed by atoms with Gasteiger partial charge in [0.25, 0.3) is 0 Å². The molecule has 0 bridgehead atoms. The van der Waals surface area contributed by atoms with Gasteiger partial charge in [0.1, 0.15) is 5.03 Å². The molecule has 1 atom stereocenters. The fraction of sp³-hybridized carbons (Fsp3) is 0.375. The Balaban J connectivity index is 3.10. The Bertz CT molecular complexity index is 379. The molecule has 1 rings (SSSR count). The zero-order valence-electron chi connectivity index (χ0n) is 8.32. The zero-order chi connectivity index (χ0) is 12.5. The van der Waals surface area contributed by atoms with E-state index in [9.17, 15) is 14.4 Å². The lowest BCUT2D eigenvalue weighted by Gasteiger charge is -2.19. The highest BCUT2D eigenvalue weighted by Gasteiger charge is 2.43. The first-order valence-electron chi connectivity index (χ1n) is 4.27. The van der Waals surface area contributed by atoms with E-state index < -0.39 is 29.8 Å². The highest BCUT2D eigenvalue weighted by molar-refractivity contribution is 6.42. The molecule has 0 aromatic rings. The first kappa shape index (κ1) is 12.3. The molecule has 0 saturated carbocycles. The number of amides is 2. The maximum Gasteiger partial charge on any atom is 0.352 e. The second-order valence-corrected chi connectivity index (χ2v) is 3.46. The van der Waals surface area contributed by atoms with Crippen molar-refractivity contribution in [3.8, 4) is 0 Å². The van der Waals surface area contributed by atoms with Crippen LogP contribution in [0.3, 0.4) is 0 Å². The summed E-state index contributed by atoms with van der Waals surface area (Å²) in [4.78, 5) is 33.2. The summed E-state index contributed by atoms with van der Waals surface area (Å²) < 4.78 is 4.75. The molecule has 8 heteroatoms. The second kappa shape index (κ2) is 4.40. The van der Waals surface area contributed by atoms with Gasteiger partial charge in [0.05, 0.1) is 5.70 Å². The largest absolute Gasteiger partial charge is 0.450 e. The molecule has 0 aromatic carbocycles. The summed E-state index contributed by atoms with van der Waals surface area (Å²) in [5.74, 6) is -4.24. The number of nitrogens with one attached hydrogen (secondary N) is 1. The van der Waals surface area contributed by atoms with Gasteiger partial charge in [-0.1, -0.05) is 11.6 Å². The van der Waals surface area contributed by atoms with Gasteiger partial charge in [-0.05, 0) is 0 Å². The van der Waals surface area contributed by atoms with Crippen molar-refractivity contribution in [3.63, 3.8) is 0 Å². The molecule has 0 aromatic heterocycles. The predicted molar refractivity (Wildman–Crippen MR) is 53.7 cm³/mol. The number of carbonyl (C=O) groups excluding carboxylic acids is 3. The third-order valence-electron chi connectivity index (χ3n) is 2.12. The number of hydrogen-bond acceptors (Lipinski definition) is 5. The first-order chi connectivity index (χ1) is 7.40. The third kappa shape index (κ3) is 1.94. The van der Waals surface area contributed by atoms with Gasteiger partial charge in [0, 0.05) is 7.05 Å². The van der Waals surface area contributed by atoms with Gasteiger partial charge in [-0.2, -0.15) is 0 Å². The Hall–Kier alpha value is -1.76. The highest BCUT2D eigenvalue weighted by Crippen LogP contribution is 2.28. The summed E-state index contributed by atoms with van der Waals surface area (Å²) in [5, 5.41) is 2.35. The van der Waals surface area contributed by atoms with E-state index in [4.69, 9.17) is 27.8 Å². The van der Waals surface area contributed by atoms with E-state index in [1.54, 1.807) is 0 Å². The van der Waals surface area contributed by atoms with Crippen LogP contribution in [0.2, 0.25) is 0 Å². The van der Waals surface area contributed by atoms with Crippen LogP contribution in [0.15, 0.2) is 10.7 Å². The Morgan fingerprint density at radius 1 is 1.44 bits per heavy atom. The standard InChI is InChI=1S/C8H10ClN3O4/c1-12-4-3(9)8(15)16-5(4)2(6(10)13)7(11)14/h2,5,12H,1H3,(H2,10,13)(H2,11,14). The van der Waals surface area contributed by atoms with Crippen LogP contribution in [0.1, 0.15) is 0 Å². The van der Waals surface area contributed by atoms with Gasteiger partial charge < -0.3 is 21.5 Å². The van der Waals surface area contributed by atoms with Crippen LogP contribution in [0, 0.1) is 5.92 Å². The Morgan fingerprint density at radius 3 is 2.31 bits per heavy atom. The van der Waals surface area contributed by atoms with Crippen molar-refractivity contribution in [3.05, 3.63) is 10.7 Å². The number of esters is 1. The van der Waals surface area contributed by atoms with Gasteiger partial charge in [0.2, 0.25) is 11.8 Å². The normalized spacial score (nSPS) is 19.9. The van der Waals surface area contributed by atoms with Crippen LogP contribution in [0.5, 0.6) is 0 Å². The van der Waals surface area contributed by atoms with Crippen molar-refractivity contribution in [2.24, 2.45) is 17.4 Å². The summed E-state index contributed by atoms with van der Waals surface area (Å²) in [6.45, 7) is 0. The maximum atomic E-state index is 11.1. The number of hydrogen-bond donors (Lipinski definition) is 3. The molecule has 1 unspecified atom stereocenters. The average molecular weight is 248 g/mol. The molecule has 0 saturated heterocycles. The molecular weight excluding hydrogens is 238 g/mol. The Morgan fingerprint density at radius 2 is 1.94 bits per heavy atom. The molecule has 0 aliphatic carbocycles. The number of likely N-dealkylation sites (N-methyl/N-ethyl adjacent to an activating group) is 1. The number of ether oxygens (including phenoxy) is 1. The van der Waals surface area contributed by atoms with Gasteiger partial charge >= 0.3 is 5.97 Å². The lowest BCUT2D eigenvalue weighted by molar-refractivity contribution is -0.146. The number of cyclic esters (lactones) is 1. The second-order valence-electron chi connectivity index (χ2n) is 3.09. The maximum absolute atomic E-state index is 11.1. The highest BCUT2D eigenvalue weighted by atomic mass is 35.5. The Labute approximate surface area is 95.7 Å².